The first-order valence-corrected chi connectivity index (χ1v) is 9.77. The van der Waals surface area contributed by atoms with E-state index in [-0.39, 0.29) is 12.4 Å². The predicted octanol–water partition coefficient (Wildman–Crippen LogP) is 5.23. The Labute approximate surface area is 178 Å². The van der Waals surface area contributed by atoms with Gasteiger partial charge in [-0.3, -0.25) is 4.79 Å². The molecule has 3 aromatic rings. The number of carbonyl (C=O) groups is 1. The molecule has 1 atom stereocenters. The molecule has 0 saturated heterocycles. The number of nitrogens with two attached hydrogens (primary N) is 1. The summed E-state index contributed by atoms with van der Waals surface area (Å²) >= 11 is 0. The van der Waals surface area contributed by atoms with Gasteiger partial charge in [0.25, 0.3) is 0 Å². The van der Waals surface area contributed by atoms with Gasteiger partial charge in [0.1, 0.15) is 5.75 Å². The number of benzene rings is 3. The Balaban J connectivity index is 0.00000240. The highest BCUT2D eigenvalue weighted by Gasteiger charge is 2.21. The maximum absolute atomic E-state index is 11.4. The van der Waals surface area contributed by atoms with Gasteiger partial charge in [-0.25, -0.2) is 0 Å². The fourth-order valence-corrected chi connectivity index (χ4v) is 4.10. The number of fused-ring (bicyclic) bond motifs is 1. The number of methoxy groups -OCH3 is 1. The molecule has 0 spiro atoms. The van der Waals surface area contributed by atoms with Crippen LogP contribution < -0.4 is 10.5 Å². The number of carbonyl (C=O) groups excluding carboxylic acids is 1. The second kappa shape index (κ2) is 9.15. The molecule has 4 heteroatoms. The topological polar surface area (TPSA) is 52.3 Å². The summed E-state index contributed by atoms with van der Waals surface area (Å²) in [5.74, 6) is 1.26. The Morgan fingerprint density at radius 1 is 0.966 bits per heavy atom. The van der Waals surface area contributed by atoms with Gasteiger partial charge in [0.2, 0.25) is 5.91 Å². The van der Waals surface area contributed by atoms with E-state index in [2.05, 4.69) is 42.5 Å². The van der Waals surface area contributed by atoms with Gasteiger partial charge in [0.15, 0.2) is 0 Å². The Kier molecular flexibility index (Phi) is 6.60. The van der Waals surface area contributed by atoms with Crippen LogP contribution in [0.3, 0.4) is 0 Å². The molecule has 1 amide bonds. The second-order valence-electron chi connectivity index (χ2n) is 7.59. The molecular formula is C25H26ClNO2. The average Bonchev–Trinajstić information content (AvgIpc) is 3.14. The molecule has 0 saturated carbocycles. The predicted molar refractivity (Wildman–Crippen MR) is 120 cm³/mol. The lowest BCUT2D eigenvalue weighted by molar-refractivity contribution is 0.100. The summed E-state index contributed by atoms with van der Waals surface area (Å²) in [5, 5.41) is 0. The van der Waals surface area contributed by atoms with Crippen LogP contribution in [0.15, 0.2) is 66.7 Å². The van der Waals surface area contributed by atoms with Crippen molar-refractivity contribution in [2.75, 3.05) is 7.11 Å². The van der Waals surface area contributed by atoms with Crippen LogP contribution in [0.4, 0.5) is 0 Å². The standard InChI is InChI=1S/C25H25NO2.ClH/c1-28-24-12-11-21-13-18(14-23(21)16-24)6-5-17-7-9-19(10-8-17)20-3-2-4-22(15-20)25(26)27;/h2-4,7-12,15-16,18H,5-6,13-14H2,1H3,(H2,26,27);1H. The van der Waals surface area contributed by atoms with Gasteiger partial charge >= 0.3 is 0 Å². The van der Waals surface area contributed by atoms with Crippen molar-refractivity contribution in [2.24, 2.45) is 11.7 Å². The number of hydrogen-bond donors (Lipinski definition) is 1. The van der Waals surface area contributed by atoms with Gasteiger partial charge in [0, 0.05) is 5.56 Å². The average molecular weight is 408 g/mol. The van der Waals surface area contributed by atoms with Gasteiger partial charge in [-0.15, -0.1) is 12.4 Å². The monoisotopic (exact) mass is 407 g/mol. The van der Waals surface area contributed by atoms with Crippen molar-refractivity contribution in [2.45, 2.75) is 25.7 Å². The van der Waals surface area contributed by atoms with Crippen LogP contribution in [0.25, 0.3) is 11.1 Å². The van der Waals surface area contributed by atoms with E-state index in [9.17, 15) is 4.79 Å². The number of primary amides is 1. The highest BCUT2D eigenvalue weighted by atomic mass is 35.5. The van der Waals surface area contributed by atoms with Crippen molar-refractivity contribution in [3.05, 3.63) is 89.0 Å². The fourth-order valence-electron chi connectivity index (χ4n) is 4.10. The number of aryl methyl sites for hydroxylation is 1. The number of hydrogen-bond acceptors (Lipinski definition) is 2. The Hall–Kier alpha value is -2.78. The van der Waals surface area contributed by atoms with Crippen LogP contribution in [-0.4, -0.2) is 13.0 Å². The first-order chi connectivity index (χ1) is 13.6. The lowest BCUT2D eigenvalue weighted by Crippen LogP contribution is -2.10. The van der Waals surface area contributed by atoms with Gasteiger partial charge in [0.05, 0.1) is 7.11 Å². The zero-order valence-electron chi connectivity index (χ0n) is 16.6. The molecule has 1 unspecified atom stereocenters. The van der Waals surface area contributed by atoms with Crippen LogP contribution in [-0.2, 0) is 19.3 Å². The minimum absolute atomic E-state index is 0. The normalized spacial score (nSPS) is 14.7. The molecule has 0 fully saturated rings. The second-order valence-corrected chi connectivity index (χ2v) is 7.59. The third-order valence-corrected chi connectivity index (χ3v) is 5.71. The fraction of sp³-hybridized carbons (Fsp3) is 0.240. The molecule has 0 bridgehead atoms. The molecular weight excluding hydrogens is 382 g/mol. The van der Waals surface area contributed by atoms with Gasteiger partial charge in [-0.2, -0.15) is 0 Å². The lowest BCUT2D eigenvalue weighted by atomic mass is 9.95. The van der Waals surface area contributed by atoms with E-state index in [0.717, 1.165) is 36.1 Å². The largest absolute Gasteiger partial charge is 0.497 e. The molecule has 3 nitrogen and oxygen atoms in total. The van der Waals surface area contributed by atoms with Gasteiger partial charge < -0.3 is 10.5 Å². The highest BCUT2D eigenvalue weighted by molar-refractivity contribution is 5.94. The SMILES string of the molecule is COc1ccc2c(c1)CC(CCc1ccc(-c3cccc(C(N)=O)c3)cc1)C2.Cl. The summed E-state index contributed by atoms with van der Waals surface area (Å²) in [4.78, 5) is 11.4. The Bertz CT molecular complexity index is 998. The molecule has 1 aliphatic rings. The zero-order valence-corrected chi connectivity index (χ0v) is 17.4. The van der Waals surface area contributed by atoms with Crippen molar-refractivity contribution in [3.63, 3.8) is 0 Å². The molecule has 0 radical (unpaired) electrons. The molecule has 29 heavy (non-hydrogen) atoms. The summed E-state index contributed by atoms with van der Waals surface area (Å²) in [5.41, 5.74) is 12.3. The van der Waals surface area contributed by atoms with E-state index < -0.39 is 5.91 Å². The third-order valence-electron chi connectivity index (χ3n) is 5.71. The van der Waals surface area contributed by atoms with Crippen molar-refractivity contribution in [3.8, 4) is 16.9 Å². The maximum atomic E-state index is 11.4. The van der Waals surface area contributed by atoms with E-state index in [1.54, 1.807) is 13.2 Å². The smallest absolute Gasteiger partial charge is 0.248 e. The summed E-state index contributed by atoms with van der Waals surface area (Å²) in [6, 6.07) is 22.6. The summed E-state index contributed by atoms with van der Waals surface area (Å²) < 4.78 is 5.35. The van der Waals surface area contributed by atoms with E-state index in [1.165, 1.54) is 23.1 Å². The van der Waals surface area contributed by atoms with Crippen LogP contribution in [0.1, 0.15) is 33.5 Å². The van der Waals surface area contributed by atoms with Gasteiger partial charge in [-0.05, 0) is 83.7 Å². The molecule has 1 aliphatic carbocycles. The van der Waals surface area contributed by atoms with Crippen LogP contribution in [0, 0.1) is 5.92 Å². The number of amides is 1. The first kappa shape index (κ1) is 20.9. The van der Waals surface area contributed by atoms with Crippen molar-refractivity contribution in [1.82, 2.24) is 0 Å². The van der Waals surface area contributed by atoms with Crippen molar-refractivity contribution in [1.29, 1.82) is 0 Å². The molecule has 0 aromatic heterocycles. The zero-order chi connectivity index (χ0) is 19.5. The number of ether oxygens (including phenoxy) is 1. The molecule has 4 rings (SSSR count). The van der Waals surface area contributed by atoms with E-state index in [4.69, 9.17) is 10.5 Å². The summed E-state index contributed by atoms with van der Waals surface area (Å²) in [6.45, 7) is 0. The van der Waals surface area contributed by atoms with Crippen LogP contribution in [0.5, 0.6) is 5.75 Å². The van der Waals surface area contributed by atoms with E-state index in [1.807, 2.05) is 18.2 Å². The number of halogens is 1. The molecule has 0 aliphatic heterocycles. The number of rotatable bonds is 6. The molecule has 2 N–H and O–H groups in total. The lowest BCUT2D eigenvalue weighted by Gasteiger charge is -2.10. The summed E-state index contributed by atoms with van der Waals surface area (Å²) in [7, 11) is 1.72. The van der Waals surface area contributed by atoms with Crippen LogP contribution in [0.2, 0.25) is 0 Å². The van der Waals surface area contributed by atoms with Crippen molar-refractivity contribution < 1.29 is 9.53 Å². The third kappa shape index (κ3) is 4.80. The molecule has 3 aromatic carbocycles. The van der Waals surface area contributed by atoms with E-state index >= 15 is 0 Å². The van der Waals surface area contributed by atoms with Crippen molar-refractivity contribution >= 4 is 18.3 Å². The minimum Gasteiger partial charge on any atom is -0.497 e. The quantitative estimate of drug-likeness (QED) is 0.608. The highest BCUT2D eigenvalue weighted by Crippen LogP contribution is 2.32. The Morgan fingerprint density at radius 3 is 2.45 bits per heavy atom. The van der Waals surface area contributed by atoms with E-state index in [0.29, 0.717) is 11.5 Å². The molecule has 0 heterocycles. The summed E-state index contributed by atoms with van der Waals surface area (Å²) in [6.07, 6.45) is 4.58. The molecule has 150 valence electrons. The minimum atomic E-state index is -0.395. The van der Waals surface area contributed by atoms with Crippen LogP contribution >= 0.6 is 12.4 Å². The maximum Gasteiger partial charge on any atom is 0.248 e. The van der Waals surface area contributed by atoms with Gasteiger partial charge in [-0.1, -0.05) is 42.5 Å². The Morgan fingerprint density at radius 2 is 1.72 bits per heavy atom. The first-order valence-electron chi connectivity index (χ1n) is 9.77.